The maximum Gasteiger partial charge on any atom is 0.227 e. The molecule has 2 saturated heterocycles. The van der Waals surface area contributed by atoms with Crippen LogP contribution in [0.1, 0.15) is 48.9 Å². The van der Waals surface area contributed by atoms with Crippen LogP contribution in [0.2, 0.25) is 5.02 Å². The van der Waals surface area contributed by atoms with Crippen molar-refractivity contribution < 1.29 is 9.47 Å². The molecule has 180 valence electrons. The van der Waals surface area contributed by atoms with Gasteiger partial charge in [-0.3, -0.25) is 9.58 Å². The van der Waals surface area contributed by atoms with Crippen molar-refractivity contribution in [2.75, 3.05) is 38.7 Å². The molecule has 3 fully saturated rings. The van der Waals surface area contributed by atoms with Crippen LogP contribution in [-0.2, 0) is 9.47 Å². The molecule has 2 aromatic heterocycles. The summed E-state index contributed by atoms with van der Waals surface area (Å²) < 4.78 is 13.4. The number of fused-ring (bicyclic) bond motifs is 1. The van der Waals surface area contributed by atoms with E-state index in [1.165, 1.54) is 18.4 Å². The van der Waals surface area contributed by atoms with Gasteiger partial charge in [0.05, 0.1) is 54.5 Å². The van der Waals surface area contributed by atoms with E-state index in [0.29, 0.717) is 30.6 Å². The van der Waals surface area contributed by atoms with Gasteiger partial charge in [0.1, 0.15) is 0 Å². The van der Waals surface area contributed by atoms with Gasteiger partial charge in [0.2, 0.25) is 5.95 Å². The summed E-state index contributed by atoms with van der Waals surface area (Å²) in [5, 5.41) is 9.64. The molecule has 2 atom stereocenters. The molecule has 3 aromatic rings. The number of benzene rings is 1. The molecule has 1 saturated carbocycles. The Morgan fingerprint density at radius 2 is 1.94 bits per heavy atom. The molecule has 6 rings (SSSR count). The molecule has 2 aliphatic heterocycles. The fourth-order valence-corrected chi connectivity index (χ4v) is 5.75. The van der Waals surface area contributed by atoms with E-state index in [2.05, 4.69) is 38.0 Å². The Balaban J connectivity index is 1.19. The Hall–Kier alpha value is -2.26. The second-order valence-corrected chi connectivity index (χ2v) is 10.2. The fraction of sp³-hybridized carbons (Fsp3) is 0.560. The number of rotatable bonds is 6. The third-order valence-corrected chi connectivity index (χ3v) is 7.95. The molecule has 9 heteroatoms. The van der Waals surface area contributed by atoms with Gasteiger partial charge in [-0.25, -0.2) is 9.97 Å². The Labute approximate surface area is 204 Å². The third-order valence-electron chi connectivity index (χ3n) is 7.62. The van der Waals surface area contributed by atoms with Gasteiger partial charge < -0.3 is 14.8 Å². The standard InChI is InChI=1S/C25H31ClN6O2/c1-15-22(12-28-32(15)18-3-4-18)30-25-27-11-17-9-20(26)19(10-21(17)29-25)16-5-7-31(8-6-16)23-13-34-14-24(23)33-2/h9-12,16,18,23-24H,3-8,13-14H2,1-2H3,(H,27,29,30)/t23-,24+/m0/s1. The summed E-state index contributed by atoms with van der Waals surface area (Å²) in [6.45, 7) is 5.58. The van der Waals surface area contributed by atoms with E-state index in [4.69, 9.17) is 26.1 Å². The quantitative estimate of drug-likeness (QED) is 0.555. The van der Waals surface area contributed by atoms with Crippen LogP contribution in [0.4, 0.5) is 11.6 Å². The molecule has 1 aromatic carbocycles. The van der Waals surface area contributed by atoms with Crippen molar-refractivity contribution in [3.05, 3.63) is 40.8 Å². The first-order valence-electron chi connectivity index (χ1n) is 12.2. The second kappa shape index (κ2) is 9.07. The zero-order valence-corrected chi connectivity index (χ0v) is 20.5. The van der Waals surface area contributed by atoms with Gasteiger partial charge in [-0.2, -0.15) is 5.10 Å². The van der Waals surface area contributed by atoms with E-state index in [0.717, 1.165) is 59.8 Å². The molecule has 0 unspecified atom stereocenters. The van der Waals surface area contributed by atoms with Crippen molar-refractivity contribution in [3.63, 3.8) is 0 Å². The van der Waals surface area contributed by atoms with Crippen molar-refractivity contribution in [1.29, 1.82) is 0 Å². The maximum atomic E-state index is 6.74. The number of halogens is 1. The molecule has 34 heavy (non-hydrogen) atoms. The van der Waals surface area contributed by atoms with Crippen molar-refractivity contribution in [2.45, 2.75) is 56.7 Å². The Kier molecular flexibility index (Phi) is 5.93. The molecular formula is C25H31ClN6O2. The zero-order chi connectivity index (χ0) is 23.2. The van der Waals surface area contributed by atoms with Crippen molar-refractivity contribution >= 4 is 34.1 Å². The monoisotopic (exact) mass is 482 g/mol. The van der Waals surface area contributed by atoms with Gasteiger partial charge >= 0.3 is 0 Å². The first-order valence-corrected chi connectivity index (χ1v) is 12.6. The van der Waals surface area contributed by atoms with Crippen LogP contribution in [0.15, 0.2) is 24.5 Å². The van der Waals surface area contributed by atoms with E-state index >= 15 is 0 Å². The molecule has 0 spiro atoms. The summed E-state index contributed by atoms with van der Waals surface area (Å²) in [6, 6.07) is 5.06. The number of hydrogen-bond acceptors (Lipinski definition) is 7. The lowest BCUT2D eigenvalue weighted by Gasteiger charge is -2.37. The lowest BCUT2D eigenvalue weighted by Crippen LogP contribution is -2.47. The first kappa shape index (κ1) is 22.2. The topological polar surface area (TPSA) is 77.3 Å². The minimum Gasteiger partial charge on any atom is -0.377 e. The number of likely N-dealkylation sites (tertiary alicyclic amines) is 1. The van der Waals surface area contributed by atoms with Gasteiger partial charge in [0, 0.05) is 23.7 Å². The smallest absolute Gasteiger partial charge is 0.227 e. The number of nitrogens with zero attached hydrogens (tertiary/aromatic N) is 5. The van der Waals surface area contributed by atoms with Gasteiger partial charge in [-0.15, -0.1) is 0 Å². The highest BCUT2D eigenvalue weighted by atomic mass is 35.5. The third kappa shape index (κ3) is 4.17. The fourth-order valence-electron chi connectivity index (χ4n) is 5.43. The van der Waals surface area contributed by atoms with Gasteiger partial charge in [0.15, 0.2) is 0 Å². The average molecular weight is 483 g/mol. The van der Waals surface area contributed by atoms with E-state index in [1.807, 2.05) is 18.5 Å². The number of methoxy groups -OCH3 is 1. The molecule has 0 bridgehead atoms. The lowest BCUT2D eigenvalue weighted by atomic mass is 9.88. The van der Waals surface area contributed by atoms with E-state index in [9.17, 15) is 0 Å². The van der Waals surface area contributed by atoms with Crippen molar-refractivity contribution in [3.8, 4) is 0 Å². The highest BCUT2D eigenvalue weighted by molar-refractivity contribution is 6.32. The lowest BCUT2D eigenvalue weighted by molar-refractivity contribution is 0.0317. The summed E-state index contributed by atoms with van der Waals surface area (Å²) in [6.07, 6.45) is 8.42. The van der Waals surface area contributed by atoms with Crippen LogP contribution in [0, 0.1) is 6.92 Å². The number of ether oxygens (including phenoxy) is 2. The molecule has 3 aliphatic rings. The number of piperidine rings is 1. The largest absolute Gasteiger partial charge is 0.377 e. The average Bonchev–Trinajstić information content (AvgIpc) is 3.47. The molecule has 1 aliphatic carbocycles. The van der Waals surface area contributed by atoms with Crippen LogP contribution < -0.4 is 5.32 Å². The summed E-state index contributed by atoms with van der Waals surface area (Å²) in [7, 11) is 1.78. The Morgan fingerprint density at radius 3 is 2.71 bits per heavy atom. The number of aromatic nitrogens is 4. The summed E-state index contributed by atoms with van der Waals surface area (Å²) in [4.78, 5) is 11.8. The van der Waals surface area contributed by atoms with E-state index < -0.39 is 0 Å². The molecule has 4 heterocycles. The van der Waals surface area contributed by atoms with Crippen LogP contribution >= 0.6 is 11.6 Å². The van der Waals surface area contributed by atoms with Crippen LogP contribution in [0.3, 0.4) is 0 Å². The van der Waals surface area contributed by atoms with Crippen LogP contribution in [-0.4, -0.2) is 70.2 Å². The second-order valence-electron chi connectivity index (χ2n) is 9.76. The first-order chi connectivity index (χ1) is 16.6. The summed E-state index contributed by atoms with van der Waals surface area (Å²) in [5.41, 5.74) is 4.17. The van der Waals surface area contributed by atoms with Crippen LogP contribution in [0.25, 0.3) is 10.9 Å². The summed E-state index contributed by atoms with van der Waals surface area (Å²) in [5.74, 6) is 1.00. The molecule has 0 radical (unpaired) electrons. The highest BCUT2D eigenvalue weighted by Crippen LogP contribution is 2.38. The number of anilines is 2. The van der Waals surface area contributed by atoms with E-state index in [-0.39, 0.29) is 6.10 Å². The SMILES string of the molecule is CO[C@@H]1COC[C@@H]1N1CCC(c2cc3nc(Nc4cnn(C5CC5)c4C)ncc3cc2Cl)CC1. The maximum absolute atomic E-state index is 6.74. The Bertz CT molecular complexity index is 1190. The molecule has 1 N–H and O–H groups in total. The number of nitrogens with one attached hydrogen (secondary N) is 1. The molecule has 8 nitrogen and oxygen atoms in total. The van der Waals surface area contributed by atoms with Crippen molar-refractivity contribution in [1.82, 2.24) is 24.6 Å². The minimum atomic E-state index is 0.170. The van der Waals surface area contributed by atoms with E-state index in [1.54, 1.807) is 7.11 Å². The normalized spacial score (nSPS) is 24.2. The molecular weight excluding hydrogens is 452 g/mol. The number of hydrogen-bond donors (Lipinski definition) is 1. The molecule has 0 amide bonds. The van der Waals surface area contributed by atoms with Gasteiger partial charge in [-0.05, 0) is 69.3 Å². The highest BCUT2D eigenvalue weighted by Gasteiger charge is 2.35. The van der Waals surface area contributed by atoms with Crippen LogP contribution in [0.5, 0.6) is 0 Å². The predicted octanol–water partition coefficient (Wildman–Crippen LogP) is 4.46. The minimum absolute atomic E-state index is 0.170. The summed E-state index contributed by atoms with van der Waals surface area (Å²) >= 11 is 6.74. The van der Waals surface area contributed by atoms with Gasteiger partial charge in [0.25, 0.3) is 0 Å². The predicted molar refractivity (Wildman–Crippen MR) is 132 cm³/mol. The Morgan fingerprint density at radius 1 is 1.12 bits per heavy atom. The zero-order valence-electron chi connectivity index (χ0n) is 19.7. The van der Waals surface area contributed by atoms with Crippen molar-refractivity contribution in [2.24, 2.45) is 0 Å². The van der Waals surface area contributed by atoms with Gasteiger partial charge in [-0.1, -0.05) is 11.6 Å².